The van der Waals surface area contributed by atoms with E-state index in [1.807, 2.05) is 29.1 Å². The van der Waals surface area contributed by atoms with E-state index in [4.69, 9.17) is 28.3 Å². The average molecular weight is 392 g/mol. The van der Waals surface area contributed by atoms with Gasteiger partial charge in [-0.1, -0.05) is 35.4 Å². The van der Waals surface area contributed by atoms with E-state index in [1.165, 1.54) is 12.8 Å². The first-order valence-corrected chi connectivity index (χ1v) is 10.2. The van der Waals surface area contributed by atoms with Crippen molar-refractivity contribution < 1.29 is 0 Å². The normalized spacial score (nSPS) is 25.6. The van der Waals surface area contributed by atoms with Gasteiger partial charge in [-0.2, -0.15) is 5.10 Å². The standard InChI is InChI=1S/C19H19Cl2N3S/c1-2-22-19-24(23-10-14-8-12-3-4-13(14)7-12)18(11-25-19)16-9-15(20)5-6-17(16)21/h3-6,9-14H,2,7-8H2,1H3. The molecule has 6 heteroatoms. The molecule has 1 aromatic heterocycles. The number of hydrogen-bond donors (Lipinski definition) is 0. The van der Waals surface area contributed by atoms with Gasteiger partial charge in [-0.3, -0.25) is 4.99 Å². The van der Waals surface area contributed by atoms with Gasteiger partial charge < -0.3 is 0 Å². The van der Waals surface area contributed by atoms with Crippen molar-refractivity contribution in [3.63, 3.8) is 0 Å². The molecule has 0 amide bonds. The third kappa shape index (κ3) is 3.35. The minimum Gasteiger partial charge on any atom is -0.258 e. The van der Waals surface area contributed by atoms with E-state index < -0.39 is 0 Å². The number of allylic oxidation sites excluding steroid dienone is 2. The van der Waals surface area contributed by atoms with Crippen LogP contribution in [0, 0.1) is 17.8 Å². The Morgan fingerprint density at radius 1 is 1.28 bits per heavy atom. The molecule has 25 heavy (non-hydrogen) atoms. The molecule has 1 heterocycles. The molecule has 0 saturated heterocycles. The molecule has 0 N–H and O–H groups in total. The second-order valence-electron chi connectivity index (χ2n) is 6.52. The zero-order valence-electron chi connectivity index (χ0n) is 13.9. The highest BCUT2D eigenvalue weighted by Gasteiger charge is 2.34. The maximum absolute atomic E-state index is 6.41. The number of thiazole rings is 1. The topological polar surface area (TPSA) is 29.6 Å². The second-order valence-corrected chi connectivity index (χ2v) is 8.20. The smallest absolute Gasteiger partial charge is 0.206 e. The van der Waals surface area contributed by atoms with Crippen molar-refractivity contribution >= 4 is 40.8 Å². The van der Waals surface area contributed by atoms with E-state index in [0.29, 0.717) is 21.9 Å². The van der Waals surface area contributed by atoms with Gasteiger partial charge in [0.15, 0.2) is 0 Å². The lowest BCUT2D eigenvalue weighted by atomic mass is 9.95. The van der Waals surface area contributed by atoms with Crippen LogP contribution < -0.4 is 4.80 Å². The predicted molar refractivity (Wildman–Crippen MR) is 107 cm³/mol. The maximum atomic E-state index is 6.41. The number of benzene rings is 1. The van der Waals surface area contributed by atoms with E-state index in [0.717, 1.165) is 28.5 Å². The van der Waals surface area contributed by atoms with E-state index in [1.54, 1.807) is 17.4 Å². The fraction of sp³-hybridized carbons (Fsp3) is 0.368. The fourth-order valence-corrected chi connectivity index (χ4v) is 4.96. The molecule has 2 aromatic rings. The summed E-state index contributed by atoms with van der Waals surface area (Å²) in [5, 5.41) is 8.18. The summed E-state index contributed by atoms with van der Waals surface area (Å²) in [5.74, 6) is 1.88. The van der Waals surface area contributed by atoms with Gasteiger partial charge in [0.2, 0.25) is 4.80 Å². The van der Waals surface area contributed by atoms with Crippen molar-refractivity contribution in [2.45, 2.75) is 19.8 Å². The molecule has 4 rings (SSSR count). The summed E-state index contributed by atoms with van der Waals surface area (Å²) in [6.45, 7) is 2.75. The molecule has 1 aromatic carbocycles. The van der Waals surface area contributed by atoms with Crippen LogP contribution in [0.1, 0.15) is 19.8 Å². The largest absolute Gasteiger partial charge is 0.258 e. The van der Waals surface area contributed by atoms with Gasteiger partial charge in [-0.15, -0.1) is 11.3 Å². The van der Waals surface area contributed by atoms with Crippen LogP contribution in [0.15, 0.2) is 45.8 Å². The summed E-state index contributed by atoms with van der Waals surface area (Å²) in [7, 11) is 0. The molecule has 0 aliphatic heterocycles. The number of hydrogen-bond acceptors (Lipinski definition) is 3. The molecular formula is C19H19Cl2N3S. The Labute approximate surface area is 161 Å². The summed E-state index contributed by atoms with van der Waals surface area (Å²) < 4.78 is 1.90. The minimum atomic E-state index is 0.513. The summed E-state index contributed by atoms with van der Waals surface area (Å²) in [6.07, 6.45) is 9.25. The van der Waals surface area contributed by atoms with Crippen molar-refractivity contribution in [2.75, 3.05) is 6.54 Å². The van der Waals surface area contributed by atoms with Crippen LogP contribution in [-0.2, 0) is 0 Å². The highest BCUT2D eigenvalue weighted by molar-refractivity contribution is 7.07. The average Bonchev–Trinajstić information content (AvgIpc) is 3.31. The lowest BCUT2D eigenvalue weighted by Gasteiger charge is -2.13. The highest BCUT2D eigenvalue weighted by atomic mass is 35.5. The first-order valence-electron chi connectivity index (χ1n) is 8.55. The molecular weight excluding hydrogens is 373 g/mol. The van der Waals surface area contributed by atoms with Crippen molar-refractivity contribution in [2.24, 2.45) is 27.8 Å². The lowest BCUT2D eigenvalue weighted by molar-refractivity contribution is 0.589. The first kappa shape index (κ1) is 17.1. The van der Waals surface area contributed by atoms with Crippen molar-refractivity contribution in [1.29, 1.82) is 0 Å². The van der Waals surface area contributed by atoms with Crippen LogP contribution in [0.4, 0.5) is 0 Å². The Morgan fingerprint density at radius 3 is 2.88 bits per heavy atom. The Bertz CT molecular complexity index is 910. The maximum Gasteiger partial charge on any atom is 0.206 e. The third-order valence-corrected chi connectivity index (χ3v) is 6.31. The zero-order chi connectivity index (χ0) is 17.4. The SMILES string of the molecule is CCN=c1scc(-c2cc(Cl)ccc2Cl)n1N=CC1CC2C=CC1C2. The van der Waals surface area contributed by atoms with Gasteiger partial charge >= 0.3 is 0 Å². The van der Waals surface area contributed by atoms with Crippen LogP contribution in [0.2, 0.25) is 10.0 Å². The van der Waals surface area contributed by atoms with Gasteiger partial charge in [-0.05, 0) is 49.8 Å². The fourth-order valence-electron chi connectivity index (χ4n) is 3.68. The molecule has 2 aliphatic carbocycles. The van der Waals surface area contributed by atoms with Crippen LogP contribution in [0.5, 0.6) is 0 Å². The lowest BCUT2D eigenvalue weighted by Crippen LogP contribution is -2.15. The quantitative estimate of drug-likeness (QED) is 0.487. The first-order chi connectivity index (χ1) is 12.2. The van der Waals surface area contributed by atoms with E-state index in [-0.39, 0.29) is 0 Å². The Balaban J connectivity index is 1.75. The number of rotatable bonds is 4. The summed E-state index contributed by atoms with van der Waals surface area (Å²) in [4.78, 5) is 5.45. The number of halogens is 2. The van der Waals surface area contributed by atoms with Gasteiger partial charge in [0, 0.05) is 34.6 Å². The Morgan fingerprint density at radius 2 is 2.16 bits per heavy atom. The summed E-state index contributed by atoms with van der Waals surface area (Å²) >= 11 is 14.2. The van der Waals surface area contributed by atoms with Gasteiger partial charge in [-0.25, -0.2) is 4.68 Å². The number of aromatic nitrogens is 1. The van der Waals surface area contributed by atoms with Crippen LogP contribution >= 0.6 is 34.5 Å². The molecule has 1 saturated carbocycles. The Kier molecular flexibility index (Phi) is 4.85. The van der Waals surface area contributed by atoms with Gasteiger partial charge in [0.05, 0.1) is 10.7 Å². The molecule has 1 fully saturated rings. The molecule has 130 valence electrons. The van der Waals surface area contributed by atoms with E-state index >= 15 is 0 Å². The van der Waals surface area contributed by atoms with Crippen molar-refractivity contribution in [3.8, 4) is 11.3 Å². The summed E-state index contributed by atoms with van der Waals surface area (Å²) in [6, 6.07) is 5.50. The van der Waals surface area contributed by atoms with Crippen molar-refractivity contribution in [3.05, 3.63) is 50.6 Å². The minimum absolute atomic E-state index is 0.513. The molecule has 0 radical (unpaired) electrons. The second kappa shape index (κ2) is 7.10. The number of fused-ring (bicyclic) bond motifs is 2. The zero-order valence-corrected chi connectivity index (χ0v) is 16.2. The molecule has 2 bridgehead atoms. The molecule has 3 atom stereocenters. The highest BCUT2D eigenvalue weighted by Crippen LogP contribution is 2.42. The predicted octanol–water partition coefficient (Wildman–Crippen LogP) is 5.49. The van der Waals surface area contributed by atoms with E-state index in [9.17, 15) is 0 Å². The summed E-state index contributed by atoms with van der Waals surface area (Å²) in [5.41, 5.74) is 1.81. The number of nitrogens with zero attached hydrogens (tertiary/aromatic N) is 3. The van der Waals surface area contributed by atoms with Gasteiger partial charge in [0.1, 0.15) is 0 Å². The Hall–Kier alpha value is -1.36. The molecule has 3 unspecified atom stereocenters. The van der Waals surface area contributed by atoms with Crippen molar-refractivity contribution in [1.82, 2.24) is 4.68 Å². The van der Waals surface area contributed by atoms with E-state index in [2.05, 4.69) is 23.4 Å². The van der Waals surface area contributed by atoms with Crippen LogP contribution in [0.3, 0.4) is 0 Å². The third-order valence-electron chi connectivity index (χ3n) is 4.89. The van der Waals surface area contributed by atoms with Gasteiger partial charge in [0.25, 0.3) is 0 Å². The molecule has 2 aliphatic rings. The van der Waals surface area contributed by atoms with Crippen LogP contribution in [0.25, 0.3) is 11.3 Å². The molecule has 0 spiro atoms. The van der Waals surface area contributed by atoms with Crippen LogP contribution in [-0.4, -0.2) is 17.4 Å². The monoisotopic (exact) mass is 391 g/mol. The molecule has 3 nitrogen and oxygen atoms in total.